The van der Waals surface area contributed by atoms with Crippen molar-refractivity contribution in [3.63, 3.8) is 0 Å². The number of anilines is 1. The molecule has 0 atom stereocenters. The lowest BCUT2D eigenvalue weighted by atomic mass is 10.1. The van der Waals surface area contributed by atoms with Gasteiger partial charge in [-0.3, -0.25) is 9.10 Å². The van der Waals surface area contributed by atoms with Crippen LogP contribution in [0.15, 0.2) is 48.5 Å². The molecule has 2 aromatic carbocycles. The van der Waals surface area contributed by atoms with E-state index in [0.717, 1.165) is 19.3 Å². The van der Waals surface area contributed by atoms with Crippen LogP contribution >= 0.6 is 0 Å². The summed E-state index contributed by atoms with van der Waals surface area (Å²) in [5.74, 6) is 1.11. The zero-order valence-electron chi connectivity index (χ0n) is 19.2. The van der Waals surface area contributed by atoms with E-state index in [0.29, 0.717) is 36.8 Å². The smallest absolute Gasteiger partial charge is 0.232 e. The molecule has 32 heavy (non-hydrogen) atoms. The number of ether oxygens (including phenoxy) is 2. The van der Waals surface area contributed by atoms with E-state index < -0.39 is 10.0 Å². The molecule has 0 saturated carbocycles. The maximum absolute atomic E-state index is 12.3. The van der Waals surface area contributed by atoms with Gasteiger partial charge in [-0.1, -0.05) is 37.6 Å². The molecular weight excluding hydrogens is 428 g/mol. The fourth-order valence-corrected chi connectivity index (χ4v) is 4.22. The van der Waals surface area contributed by atoms with Crippen molar-refractivity contribution in [1.82, 2.24) is 5.32 Å². The Bertz CT molecular complexity index is 945. The second kappa shape index (κ2) is 13.0. The largest absolute Gasteiger partial charge is 0.493 e. The van der Waals surface area contributed by atoms with Gasteiger partial charge in [0.1, 0.15) is 6.61 Å². The highest BCUT2D eigenvalue weighted by Crippen LogP contribution is 2.25. The summed E-state index contributed by atoms with van der Waals surface area (Å²) in [6, 6.07) is 14.9. The van der Waals surface area contributed by atoms with E-state index in [1.807, 2.05) is 36.4 Å². The number of nitrogens with zero attached hydrogens (tertiary/aromatic N) is 1. The average Bonchev–Trinajstić information content (AvgIpc) is 2.78. The van der Waals surface area contributed by atoms with E-state index >= 15 is 0 Å². The van der Waals surface area contributed by atoms with Crippen molar-refractivity contribution in [2.45, 2.75) is 39.0 Å². The first-order valence-electron chi connectivity index (χ1n) is 10.9. The number of sulfonamides is 1. The van der Waals surface area contributed by atoms with Gasteiger partial charge in [-0.05, 0) is 49.1 Å². The van der Waals surface area contributed by atoms with Gasteiger partial charge >= 0.3 is 0 Å². The molecule has 1 N–H and O–H groups in total. The summed E-state index contributed by atoms with van der Waals surface area (Å²) in [6.07, 6.45) is 5.04. The molecule has 0 radical (unpaired) electrons. The Hall–Kier alpha value is -2.74. The highest BCUT2D eigenvalue weighted by molar-refractivity contribution is 7.92. The van der Waals surface area contributed by atoms with Crippen LogP contribution in [0.3, 0.4) is 0 Å². The van der Waals surface area contributed by atoms with Crippen molar-refractivity contribution in [3.8, 4) is 11.5 Å². The Morgan fingerprint density at radius 1 is 1.03 bits per heavy atom. The van der Waals surface area contributed by atoms with Crippen molar-refractivity contribution in [3.05, 3.63) is 54.1 Å². The number of aryl methyl sites for hydroxylation is 1. The summed E-state index contributed by atoms with van der Waals surface area (Å²) >= 11 is 0. The van der Waals surface area contributed by atoms with Crippen molar-refractivity contribution in [2.24, 2.45) is 0 Å². The molecule has 0 spiro atoms. The quantitative estimate of drug-likeness (QED) is 0.432. The number of methoxy groups -OCH3 is 1. The van der Waals surface area contributed by atoms with E-state index in [-0.39, 0.29) is 18.9 Å². The van der Waals surface area contributed by atoms with Gasteiger partial charge in [-0.15, -0.1) is 0 Å². The minimum absolute atomic E-state index is 0.142. The number of para-hydroxylation sites is 2. The molecule has 1 amide bonds. The molecule has 2 aromatic rings. The van der Waals surface area contributed by atoms with E-state index in [1.165, 1.54) is 16.1 Å². The van der Waals surface area contributed by atoms with E-state index in [2.05, 4.69) is 12.2 Å². The number of unbranched alkanes of at least 4 members (excludes halogenated alkanes) is 1. The first-order valence-corrected chi connectivity index (χ1v) is 12.8. The van der Waals surface area contributed by atoms with Crippen LogP contribution < -0.4 is 19.1 Å². The maximum Gasteiger partial charge on any atom is 0.232 e. The summed E-state index contributed by atoms with van der Waals surface area (Å²) in [6.45, 7) is 3.06. The Balaban J connectivity index is 1.78. The summed E-state index contributed by atoms with van der Waals surface area (Å²) in [7, 11) is -1.86. The van der Waals surface area contributed by atoms with E-state index in [9.17, 15) is 13.2 Å². The third-order valence-corrected chi connectivity index (χ3v) is 6.15. The molecule has 0 aliphatic carbocycles. The van der Waals surface area contributed by atoms with Gasteiger partial charge in [0.15, 0.2) is 11.5 Å². The van der Waals surface area contributed by atoms with Crippen LogP contribution in [-0.4, -0.2) is 47.4 Å². The second-order valence-corrected chi connectivity index (χ2v) is 9.46. The average molecular weight is 463 g/mol. The Morgan fingerprint density at radius 2 is 1.72 bits per heavy atom. The molecule has 0 aliphatic heterocycles. The maximum atomic E-state index is 12.3. The monoisotopic (exact) mass is 462 g/mol. The van der Waals surface area contributed by atoms with Crippen LogP contribution in [0.25, 0.3) is 0 Å². The number of carbonyl (C=O) groups is 1. The van der Waals surface area contributed by atoms with Crippen molar-refractivity contribution < 1.29 is 22.7 Å². The van der Waals surface area contributed by atoms with Crippen LogP contribution in [0, 0.1) is 0 Å². The van der Waals surface area contributed by atoms with Gasteiger partial charge in [0.2, 0.25) is 15.9 Å². The van der Waals surface area contributed by atoms with Gasteiger partial charge in [0.05, 0.1) is 25.6 Å². The molecule has 2 rings (SSSR count). The lowest BCUT2D eigenvalue weighted by Gasteiger charge is -2.22. The lowest BCUT2D eigenvalue weighted by Crippen LogP contribution is -2.32. The third-order valence-electron chi connectivity index (χ3n) is 4.96. The predicted octanol–water partition coefficient (Wildman–Crippen LogP) is 3.78. The zero-order valence-corrected chi connectivity index (χ0v) is 20.0. The fraction of sp³-hybridized carbons (Fsp3) is 0.458. The second-order valence-electron chi connectivity index (χ2n) is 7.56. The Labute approximate surface area is 191 Å². The minimum Gasteiger partial charge on any atom is -0.493 e. The number of amides is 1. The standard InChI is InChI=1S/C24H34N2O5S/c1-4-5-9-20-13-15-21(16-14-20)26(32(3,28)29)18-8-12-24(27)25-17-19-31-23-11-7-6-10-22(23)30-2/h6-7,10-11,13-16H,4-5,8-9,12,17-19H2,1-3H3,(H,25,27). The molecule has 7 nitrogen and oxygen atoms in total. The molecule has 0 aromatic heterocycles. The van der Waals surface area contributed by atoms with Crippen LogP contribution in [0.4, 0.5) is 5.69 Å². The van der Waals surface area contributed by atoms with Crippen LogP contribution in [-0.2, 0) is 21.2 Å². The molecule has 0 fully saturated rings. The van der Waals surface area contributed by atoms with Gasteiger partial charge in [0.25, 0.3) is 0 Å². The number of nitrogens with one attached hydrogen (secondary N) is 1. The Morgan fingerprint density at radius 3 is 2.34 bits per heavy atom. The summed E-state index contributed by atoms with van der Waals surface area (Å²) in [4.78, 5) is 12.1. The summed E-state index contributed by atoms with van der Waals surface area (Å²) in [5, 5.41) is 2.80. The number of rotatable bonds is 14. The molecule has 0 bridgehead atoms. The minimum atomic E-state index is -3.43. The normalized spacial score (nSPS) is 11.1. The van der Waals surface area contributed by atoms with Crippen molar-refractivity contribution >= 4 is 21.6 Å². The summed E-state index contributed by atoms with van der Waals surface area (Å²) < 4.78 is 36.7. The molecular formula is C24H34N2O5S. The summed E-state index contributed by atoms with van der Waals surface area (Å²) in [5.41, 5.74) is 1.82. The van der Waals surface area contributed by atoms with Crippen LogP contribution in [0.1, 0.15) is 38.2 Å². The zero-order chi connectivity index (χ0) is 23.4. The number of benzene rings is 2. The van der Waals surface area contributed by atoms with Crippen molar-refractivity contribution in [2.75, 3.05) is 37.4 Å². The van der Waals surface area contributed by atoms with E-state index in [1.54, 1.807) is 19.2 Å². The number of hydrogen-bond acceptors (Lipinski definition) is 5. The van der Waals surface area contributed by atoms with Gasteiger partial charge in [-0.2, -0.15) is 0 Å². The molecule has 0 unspecified atom stereocenters. The first-order chi connectivity index (χ1) is 15.3. The highest BCUT2D eigenvalue weighted by Gasteiger charge is 2.17. The molecule has 0 heterocycles. The lowest BCUT2D eigenvalue weighted by molar-refractivity contribution is -0.121. The number of hydrogen-bond donors (Lipinski definition) is 1. The Kier molecular flexibility index (Phi) is 10.3. The van der Waals surface area contributed by atoms with Crippen molar-refractivity contribution in [1.29, 1.82) is 0 Å². The van der Waals surface area contributed by atoms with Gasteiger partial charge in [0, 0.05) is 13.0 Å². The van der Waals surface area contributed by atoms with E-state index in [4.69, 9.17) is 9.47 Å². The SMILES string of the molecule is CCCCc1ccc(N(CCCC(=O)NCCOc2ccccc2OC)S(C)(=O)=O)cc1. The first kappa shape index (κ1) is 25.5. The third kappa shape index (κ3) is 8.42. The topological polar surface area (TPSA) is 84.9 Å². The number of carbonyl (C=O) groups excluding carboxylic acids is 1. The van der Waals surface area contributed by atoms with Crippen LogP contribution in [0.2, 0.25) is 0 Å². The van der Waals surface area contributed by atoms with Crippen LogP contribution in [0.5, 0.6) is 11.5 Å². The van der Waals surface area contributed by atoms with Gasteiger partial charge in [-0.25, -0.2) is 8.42 Å². The van der Waals surface area contributed by atoms with Gasteiger partial charge < -0.3 is 14.8 Å². The molecule has 176 valence electrons. The molecule has 0 saturated heterocycles. The molecule has 0 aliphatic rings. The fourth-order valence-electron chi connectivity index (χ4n) is 3.26. The highest BCUT2D eigenvalue weighted by atomic mass is 32.2. The predicted molar refractivity (Wildman–Crippen MR) is 128 cm³/mol. The molecule has 8 heteroatoms.